The van der Waals surface area contributed by atoms with Gasteiger partial charge in [-0.3, -0.25) is 9.59 Å². The van der Waals surface area contributed by atoms with Gasteiger partial charge in [0.1, 0.15) is 5.75 Å². The Labute approximate surface area is 147 Å². The molecular formula is C20H22N2O3. The van der Waals surface area contributed by atoms with E-state index in [0.717, 1.165) is 23.2 Å². The minimum Gasteiger partial charge on any atom is -0.494 e. The highest BCUT2D eigenvalue weighted by molar-refractivity contribution is 6.05. The maximum absolute atomic E-state index is 12.5. The lowest BCUT2D eigenvalue weighted by Gasteiger charge is -2.19. The molecule has 1 heterocycles. The average molecular weight is 338 g/mol. The van der Waals surface area contributed by atoms with Crippen LogP contribution in [0.5, 0.6) is 5.75 Å². The molecular weight excluding hydrogens is 316 g/mol. The van der Waals surface area contributed by atoms with Gasteiger partial charge < -0.3 is 15.0 Å². The number of hydrogen-bond donors (Lipinski definition) is 1. The Hall–Kier alpha value is -2.82. The van der Waals surface area contributed by atoms with Crippen LogP contribution in [-0.4, -0.2) is 25.5 Å². The van der Waals surface area contributed by atoms with Crippen molar-refractivity contribution in [2.45, 2.75) is 26.7 Å². The second-order valence-corrected chi connectivity index (χ2v) is 6.37. The summed E-state index contributed by atoms with van der Waals surface area (Å²) in [6, 6.07) is 11.1. The molecule has 1 N–H and O–H groups in total. The number of carbonyl (C=O) groups is 2. The molecule has 0 radical (unpaired) electrons. The normalized spacial score (nSPS) is 13.9. The molecule has 5 heteroatoms. The zero-order chi connectivity index (χ0) is 18.0. The Kier molecular flexibility index (Phi) is 4.74. The lowest BCUT2D eigenvalue weighted by Crippen LogP contribution is -2.24. The Morgan fingerprint density at radius 2 is 1.84 bits per heavy atom. The van der Waals surface area contributed by atoms with Gasteiger partial charge in [0.15, 0.2) is 0 Å². The molecule has 1 aliphatic heterocycles. The van der Waals surface area contributed by atoms with Crippen molar-refractivity contribution >= 4 is 23.2 Å². The highest BCUT2D eigenvalue weighted by Gasteiger charge is 2.24. The molecule has 25 heavy (non-hydrogen) atoms. The van der Waals surface area contributed by atoms with Crippen LogP contribution in [0.1, 0.15) is 34.3 Å². The molecule has 1 aliphatic rings. The van der Waals surface area contributed by atoms with E-state index in [-0.39, 0.29) is 11.8 Å². The molecule has 0 bridgehead atoms. The quantitative estimate of drug-likeness (QED) is 0.925. The Bertz CT molecular complexity index is 809. The molecule has 2 aromatic rings. The molecule has 130 valence electrons. The molecule has 0 unspecified atom stereocenters. The summed E-state index contributed by atoms with van der Waals surface area (Å²) in [4.78, 5) is 26.2. The van der Waals surface area contributed by atoms with Gasteiger partial charge in [-0.15, -0.1) is 0 Å². The smallest absolute Gasteiger partial charge is 0.255 e. The number of ether oxygens (including phenoxy) is 1. The number of aryl methyl sites for hydroxylation is 2. The molecule has 1 saturated heterocycles. The van der Waals surface area contributed by atoms with E-state index in [2.05, 4.69) is 5.32 Å². The summed E-state index contributed by atoms with van der Waals surface area (Å²) in [6.07, 6.45) is 1.42. The third-order valence-electron chi connectivity index (χ3n) is 4.29. The van der Waals surface area contributed by atoms with E-state index in [1.54, 1.807) is 24.1 Å². The number of hydrogen-bond acceptors (Lipinski definition) is 3. The van der Waals surface area contributed by atoms with E-state index in [0.29, 0.717) is 30.0 Å². The van der Waals surface area contributed by atoms with Gasteiger partial charge in [-0.25, -0.2) is 0 Å². The SMILES string of the molecule is COc1cc(NC(=O)c2cc(C)cc(C)c2)ccc1N1CCCC1=O. The Morgan fingerprint density at radius 3 is 2.44 bits per heavy atom. The number of anilines is 2. The van der Waals surface area contributed by atoms with E-state index in [1.807, 2.05) is 38.1 Å². The van der Waals surface area contributed by atoms with Crippen molar-refractivity contribution in [3.05, 3.63) is 53.1 Å². The van der Waals surface area contributed by atoms with Gasteiger partial charge in [-0.1, -0.05) is 17.2 Å². The van der Waals surface area contributed by atoms with Crippen LogP contribution in [0.4, 0.5) is 11.4 Å². The maximum atomic E-state index is 12.5. The first-order valence-corrected chi connectivity index (χ1v) is 8.36. The van der Waals surface area contributed by atoms with Crippen LogP contribution in [0, 0.1) is 13.8 Å². The van der Waals surface area contributed by atoms with Crippen molar-refractivity contribution in [1.82, 2.24) is 0 Å². The van der Waals surface area contributed by atoms with Gasteiger partial charge in [-0.05, 0) is 44.5 Å². The first kappa shape index (κ1) is 17.0. The largest absolute Gasteiger partial charge is 0.494 e. The van der Waals surface area contributed by atoms with Gasteiger partial charge in [-0.2, -0.15) is 0 Å². The van der Waals surface area contributed by atoms with E-state index in [1.165, 1.54) is 0 Å². The number of methoxy groups -OCH3 is 1. The molecule has 0 atom stereocenters. The van der Waals surface area contributed by atoms with Crippen molar-refractivity contribution in [2.24, 2.45) is 0 Å². The second-order valence-electron chi connectivity index (χ2n) is 6.37. The van der Waals surface area contributed by atoms with E-state index < -0.39 is 0 Å². The summed E-state index contributed by atoms with van der Waals surface area (Å²) in [5, 5.41) is 2.89. The van der Waals surface area contributed by atoms with E-state index in [9.17, 15) is 9.59 Å². The zero-order valence-corrected chi connectivity index (χ0v) is 14.8. The first-order chi connectivity index (χ1) is 12.0. The van der Waals surface area contributed by atoms with Crippen LogP contribution in [0.15, 0.2) is 36.4 Å². The van der Waals surface area contributed by atoms with Crippen LogP contribution in [0.25, 0.3) is 0 Å². The predicted octanol–water partition coefficient (Wildman–Crippen LogP) is 3.69. The monoisotopic (exact) mass is 338 g/mol. The summed E-state index contributed by atoms with van der Waals surface area (Å²) in [6.45, 7) is 4.63. The van der Waals surface area contributed by atoms with Crippen LogP contribution in [0.2, 0.25) is 0 Å². The summed E-state index contributed by atoms with van der Waals surface area (Å²) in [5.74, 6) is 0.512. The first-order valence-electron chi connectivity index (χ1n) is 8.36. The molecule has 2 amide bonds. The van der Waals surface area contributed by atoms with Crippen LogP contribution in [0.3, 0.4) is 0 Å². The van der Waals surface area contributed by atoms with Crippen LogP contribution < -0.4 is 15.0 Å². The molecule has 3 rings (SSSR count). The zero-order valence-electron chi connectivity index (χ0n) is 14.8. The van der Waals surface area contributed by atoms with E-state index in [4.69, 9.17) is 4.74 Å². The highest BCUT2D eigenvalue weighted by atomic mass is 16.5. The van der Waals surface area contributed by atoms with Crippen molar-refractivity contribution < 1.29 is 14.3 Å². The molecule has 0 saturated carbocycles. The maximum Gasteiger partial charge on any atom is 0.255 e. The number of benzene rings is 2. The number of nitrogens with one attached hydrogen (secondary N) is 1. The molecule has 0 spiro atoms. The Morgan fingerprint density at radius 1 is 1.12 bits per heavy atom. The third kappa shape index (κ3) is 3.65. The number of carbonyl (C=O) groups excluding carboxylic acids is 2. The van der Waals surface area contributed by atoms with E-state index >= 15 is 0 Å². The highest BCUT2D eigenvalue weighted by Crippen LogP contribution is 2.34. The van der Waals surface area contributed by atoms with Gasteiger partial charge in [0.05, 0.1) is 12.8 Å². The topological polar surface area (TPSA) is 58.6 Å². The summed E-state index contributed by atoms with van der Waals surface area (Å²) >= 11 is 0. The van der Waals surface area contributed by atoms with Crippen LogP contribution in [-0.2, 0) is 4.79 Å². The van der Waals surface area contributed by atoms with Gasteiger partial charge in [0.25, 0.3) is 5.91 Å². The number of amides is 2. The van der Waals surface area contributed by atoms with Gasteiger partial charge in [0, 0.05) is 30.3 Å². The molecule has 5 nitrogen and oxygen atoms in total. The fraction of sp³-hybridized carbons (Fsp3) is 0.300. The standard InChI is InChI=1S/C20H22N2O3/c1-13-9-14(2)11-15(10-13)20(24)21-16-6-7-17(18(12-16)25-3)22-8-4-5-19(22)23/h6-7,9-12H,4-5,8H2,1-3H3,(H,21,24). The molecule has 0 aliphatic carbocycles. The predicted molar refractivity (Wildman–Crippen MR) is 98.5 cm³/mol. The average Bonchev–Trinajstić information content (AvgIpc) is 2.99. The lowest BCUT2D eigenvalue weighted by atomic mass is 10.1. The van der Waals surface area contributed by atoms with Crippen molar-refractivity contribution in [3.8, 4) is 5.75 Å². The van der Waals surface area contributed by atoms with Crippen molar-refractivity contribution in [2.75, 3.05) is 23.9 Å². The van der Waals surface area contributed by atoms with Crippen molar-refractivity contribution in [1.29, 1.82) is 0 Å². The van der Waals surface area contributed by atoms with Crippen molar-refractivity contribution in [3.63, 3.8) is 0 Å². The van der Waals surface area contributed by atoms with Gasteiger partial charge >= 0.3 is 0 Å². The van der Waals surface area contributed by atoms with Gasteiger partial charge in [0.2, 0.25) is 5.91 Å². The molecule has 2 aromatic carbocycles. The molecule has 1 fully saturated rings. The lowest BCUT2D eigenvalue weighted by molar-refractivity contribution is -0.117. The fourth-order valence-electron chi connectivity index (χ4n) is 3.19. The molecule has 0 aromatic heterocycles. The summed E-state index contributed by atoms with van der Waals surface area (Å²) < 4.78 is 5.43. The Balaban J connectivity index is 1.83. The summed E-state index contributed by atoms with van der Waals surface area (Å²) in [5.41, 5.74) is 4.09. The third-order valence-corrected chi connectivity index (χ3v) is 4.29. The second kappa shape index (κ2) is 6.97. The summed E-state index contributed by atoms with van der Waals surface area (Å²) in [7, 11) is 1.56. The fourth-order valence-corrected chi connectivity index (χ4v) is 3.19. The minimum absolute atomic E-state index is 0.102. The number of rotatable bonds is 4. The minimum atomic E-state index is -0.168. The van der Waals surface area contributed by atoms with Crippen LogP contribution >= 0.6 is 0 Å². The number of nitrogens with zero attached hydrogens (tertiary/aromatic N) is 1.